The maximum atomic E-state index is 13.1. The van der Waals surface area contributed by atoms with E-state index < -0.39 is 0 Å². The number of benzene rings is 2. The first kappa shape index (κ1) is 18.0. The number of para-hydroxylation sites is 1. The predicted octanol–water partition coefficient (Wildman–Crippen LogP) is 3.87. The number of rotatable bonds is 8. The van der Waals surface area contributed by atoms with Gasteiger partial charge in [0, 0.05) is 43.2 Å². The highest BCUT2D eigenvalue weighted by Gasteiger charge is 2.11. The minimum absolute atomic E-state index is 0.207. The Balaban J connectivity index is 1.73. The van der Waals surface area contributed by atoms with Crippen LogP contribution in [-0.4, -0.2) is 28.5 Å². The monoisotopic (exact) mass is 351 g/mol. The molecule has 3 rings (SSSR count). The maximum Gasteiger partial charge on any atom is 0.123 e. The molecular weight excluding hydrogens is 329 g/mol. The van der Waals surface area contributed by atoms with Gasteiger partial charge < -0.3 is 4.74 Å². The predicted molar refractivity (Wildman–Crippen MR) is 99.2 cm³/mol. The summed E-state index contributed by atoms with van der Waals surface area (Å²) in [5, 5.41) is 0. The van der Waals surface area contributed by atoms with E-state index in [4.69, 9.17) is 4.74 Å². The van der Waals surface area contributed by atoms with Crippen molar-refractivity contribution >= 4 is 0 Å². The minimum Gasteiger partial charge on any atom is -0.496 e. The summed E-state index contributed by atoms with van der Waals surface area (Å²) >= 11 is 0. The van der Waals surface area contributed by atoms with Crippen molar-refractivity contribution in [1.29, 1.82) is 0 Å². The molecule has 0 saturated carbocycles. The molecule has 1 heterocycles. The second-order valence-corrected chi connectivity index (χ2v) is 6.15. The number of nitrogens with zero attached hydrogens (tertiary/aromatic N) is 3. The summed E-state index contributed by atoms with van der Waals surface area (Å²) in [6, 6.07) is 14.7. The minimum atomic E-state index is -0.207. The fraction of sp³-hybridized carbons (Fsp3) is 0.238. The molecule has 134 valence electrons. The third-order valence-corrected chi connectivity index (χ3v) is 4.24. The molecule has 26 heavy (non-hydrogen) atoms. The smallest absolute Gasteiger partial charge is 0.123 e. The van der Waals surface area contributed by atoms with Crippen LogP contribution >= 0.6 is 0 Å². The zero-order valence-corrected chi connectivity index (χ0v) is 14.8. The Labute approximate surface area is 153 Å². The van der Waals surface area contributed by atoms with Gasteiger partial charge in [-0.15, -0.1) is 0 Å². The molecule has 0 aliphatic carbocycles. The summed E-state index contributed by atoms with van der Waals surface area (Å²) in [7, 11) is 1.69. The van der Waals surface area contributed by atoms with Crippen molar-refractivity contribution in [2.45, 2.75) is 19.5 Å². The molecule has 0 fully saturated rings. The van der Waals surface area contributed by atoms with Crippen LogP contribution in [0.2, 0.25) is 0 Å². The highest BCUT2D eigenvalue weighted by Crippen LogP contribution is 2.20. The summed E-state index contributed by atoms with van der Waals surface area (Å²) in [5.41, 5.74) is 3.30. The number of halogens is 1. The molecule has 1 aromatic heterocycles. The second kappa shape index (κ2) is 9.06. The standard InChI is InChI=1S/C21H22FN3O/c1-26-21-5-3-2-4-19(21)15-25(14-18-12-23-16-24-13-18)11-10-17-6-8-20(22)9-7-17/h2-9,12-13,16H,10-11,14-15H2,1H3. The van der Waals surface area contributed by atoms with E-state index in [-0.39, 0.29) is 5.82 Å². The number of hydrogen-bond donors (Lipinski definition) is 0. The van der Waals surface area contributed by atoms with Crippen LogP contribution in [-0.2, 0) is 19.5 Å². The lowest BCUT2D eigenvalue weighted by Gasteiger charge is -2.23. The van der Waals surface area contributed by atoms with Crippen LogP contribution in [0.15, 0.2) is 67.3 Å². The van der Waals surface area contributed by atoms with Crippen molar-refractivity contribution in [3.05, 3.63) is 89.8 Å². The van der Waals surface area contributed by atoms with Gasteiger partial charge in [0.05, 0.1) is 7.11 Å². The van der Waals surface area contributed by atoms with E-state index in [0.29, 0.717) is 0 Å². The van der Waals surface area contributed by atoms with Gasteiger partial charge in [0.25, 0.3) is 0 Å². The fourth-order valence-corrected chi connectivity index (χ4v) is 2.90. The van der Waals surface area contributed by atoms with Gasteiger partial charge >= 0.3 is 0 Å². The maximum absolute atomic E-state index is 13.1. The molecule has 0 aliphatic heterocycles. The highest BCUT2D eigenvalue weighted by molar-refractivity contribution is 5.33. The molecular formula is C21H22FN3O. The summed E-state index contributed by atoms with van der Waals surface area (Å²) in [5.74, 6) is 0.671. The SMILES string of the molecule is COc1ccccc1CN(CCc1ccc(F)cc1)Cc1cncnc1. The van der Waals surface area contributed by atoms with E-state index in [1.165, 1.54) is 18.5 Å². The molecule has 0 aliphatic rings. The Morgan fingerprint density at radius 1 is 0.923 bits per heavy atom. The zero-order chi connectivity index (χ0) is 18.2. The van der Waals surface area contributed by atoms with E-state index >= 15 is 0 Å². The van der Waals surface area contributed by atoms with E-state index in [2.05, 4.69) is 20.9 Å². The lowest BCUT2D eigenvalue weighted by molar-refractivity contribution is 0.255. The average Bonchev–Trinajstić information content (AvgIpc) is 2.68. The Bertz CT molecular complexity index is 809. The quantitative estimate of drug-likeness (QED) is 0.617. The van der Waals surface area contributed by atoms with Gasteiger partial charge in [-0.3, -0.25) is 4.90 Å². The fourth-order valence-electron chi connectivity index (χ4n) is 2.90. The highest BCUT2D eigenvalue weighted by atomic mass is 19.1. The molecule has 2 aromatic carbocycles. The number of aromatic nitrogens is 2. The Hall–Kier alpha value is -2.79. The van der Waals surface area contributed by atoms with Gasteiger partial charge in [0.2, 0.25) is 0 Å². The summed E-state index contributed by atoms with van der Waals surface area (Å²) in [4.78, 5) is 10.5. The molecule has 0 radical (unpaired) electrons. The Morgan fingerprint density at radius 2 is 1.65 bits per heavy atom. The molecule has 0 spiro atoms. The van der Waals surface area contributed by atoms with Crippen molar-refractivity contribution < 1.29 is 9.13 Å². The van der Waals surface area contributed by atoms with Crippen molar-refractivity contribution in [2.24, 2.45) is 0 Å². The van der Waals surface area contributed by atoms with E-state index in [1.807, 2.05) is 42.7 Å². The topological polar surface area (TPSA) is 38.2 Å². The number of methoxy groups -OCH3 is 1. The Morgan fingerprint density at radius 3 is 2.38 bits per heavy atom. The van der Waals surface area contributed by atoms with Crippen LogP contribution in [0.1, 0.15) is 16.7 Å². The van der Waals surface area contributed by atoms with Crippen LogP contribution in [0.5, 0.6) is 5.75 Å². The first-order valence-electron chi connectivity index (χ1n) is 8.57. The van der Waals surface area contributed by atoms with Gasteiger partial charge in [-0.05, 0) is 30.2 Å². The van der Waals surface area contributed by atoms with Gasteiger partial charge in [-0.2, -0.15) is 0 Å². The van der Waals surface area contributed by atoms with Crippen molar-refractivity contribution in [2.75, 3.05) is 13.7 Å². The van der Waals surface area contributed by atoms with Crippen LogP contribution in [0, 0.1) is 5.82 Å². The van der Waals surface area contributed by atoms with E-state index in [1.54, 1.807) is 7.11 Å². The van der Waals surface area contributed by atoms with E-state index in [9.17, 15) is 4.39 Å². The summed E-state index contributed by atoms with van der Waals surface area (Å²) in [6.45, 7) is 2.32. The molecule has 0 bridgehead atoms. The average molecular weight is 351 g/mol. The van der Waals surface area contributed by atoms with Crippen molar-refractivity contribution in [3.8, 4) is 5.75 Å². The zero-order valence-electron chi connectivity index (χ0n) is 14.8. The lowest BCUT2D eigenvalue weighted by atomic mass is 10.1. The molecule has 0 N–H and O–H groups in total. The Kier molecular flexibility index (Phi) is 6.28. The molecule has 3 aromatic rings. The van der Waals surface area contributed by atoms with Crippen LogP contribution in [0.3, 0.4) is 0 Å². The molecule has 0 atom stereocenters. The van der Waals surface area contributed by atoms with Crippen LogP contribution < -0.4 is 4.74 Å². The number of ether oxygens (including phenoxy) is 1. The third kappa shape index (κ3) is 5.10. The van der Waals surface area contributed by atoms with Gasteiger partial charge in [0.1, 0.15) is 17.9 Å². The van der Waals surface area contributed by atoms with Crippen LogP contribution in [0.25, 0.3) is 0 Å². The van der Waals surface area contributed by atoms with Crippen molar-refractivity contribution in [1.82, 2.24) is 14.9 Å². The molecule has 0 saturated heterocycles. The van der Waals surface area contributed by atoms with Crippen LogP contribution in [0.4, 0.5) is 4.39 Å². The van der Waals surface area contributed by atoms with Gasteiger partial charge in [-0.1, -0.05) is 30.3 Å². The largest absolute Gasteiger partial charge is 0.496 e. The van der Waals surface area contributed by atoms with Gasteiger partial charge in [0.15, 0.2) is 0 Å². The molecule has 4 nitrogen and oxygen atoms in total. The van der Waals surface area contributed by atoms with E-state index in [0.717, 1.165) is 48.5 Å². The lowest BCUT2D eigenvalue weighted by Crippen LogP contribution is -2.25. The van der Waals surface area contributed by atoms with Gasteiger partial charge in [-0.25, -0.2) is 14.4 Å². The summed E-state index contributed by atoms with van der Waals surface area (Å²) in [6.07, 6.45) is 6.04. The molecule has 0 unspecified atom stereocenters. The molecule has 0 amide bonds. The summed E-state index contributed by atoms with van der Waals surface area (Å²) < 4.78 is 18.6. The second-order valence-electron chi connectivity index (χ2n) is 6.15. The first-order valence-corrected chi connectivity index (χ1v) is 8.57. The molecule has 5 heteroatoms. The first-order chi connectivity index (χ1) is 12.7. The number of hydrogen-bond acceptors (Lipinski definition) is 4. The normalized spacial score (nSPS) is 10.9. The third-order valence-electron chi connectivity index (χ3n) is 4.24. The van der Waals surface area contributed by atoms with Crippen molar-refractivity contribution in [3.63, 3.8) is 0 Å².